The van der Waals surface area contributed by atoms with Crippen LogP contribution in [0.4, 0.5) is 5.69 Å². The van der Waals surface area contributed by atoms with Crippen LogP contribution in [0.3, 0.4) is 0 Å². The maximum Gasteiger partial charge on any atom is 0.154 e. The number of nitrogens with two attached hydrogens (primary N) is 1. The van der Waals surface area contributed by atoms with Gasteiger partial charge < -0.3 is 15.2 Å². The number of hydrogen-bond acceptors (Lipinski definition) is 3. The van der Waals surface area contributed by atoms with Crippen molar-refractivity contribution in [2.75, 3.05) is 5.73 Å². The number of benzene rings is 2. The summed E-state index contributed by atoms with van der Waals surface area (Å²) in [4.78, 5) is 0. The molecule has 2 N–H and O–H groups in total. The van der Waals surface area contributed by atoms with E-state index in [1.54, 1.807) is 24.3 Å². The van der Waals surface area contributed by atoms with Crippen LogP contribution >= 0.6 is 27.5 Å². The standard InChI is InChI=1S/C15H15BrClNO2/c1-9(2)19-13-4-3-5-14(15(13)18)20-12-7-6-10(17)8-11(12)16/h3-9H,18H2,1-2H3. The number of nitrogen functional groups attached to an aromatic ring is 1. The van der Waals surface area contributed by atoms with E-state index in [0.29, 0.717) is 28.0 Å². The third-order valence-corrected chi connectivity index (χ3v) is 3.36. The van der Waals surface area contributed by atoms with Gasteiger partial charge in [-0.15, -0.1) is 0 Å². The minimum atomic E-state index is 0.0508. The zero-order valence-electron chi connectivity index (χ0n) is 11.2. The first-order valence-corrected chi connectivity index (χ1v) is 7.32. The molecule has 0 aromatic heterocycles. The molecule has 0 radical (unpaired) electrons. The van der Waals surface area contributed by atoms with E-state index < -0.39 is 0 Å². The van der Waals surface area contributed by atoms with E-state index in [9.17, 15) is 0 Å². The quantitative estimate of drug-likeness (QED) is 0.760. The first-order chi connectivity index (χ1) is 9.47. The monoisotopic (exact) mass is 355 g/mol. The lowest BCUT2D eigenvalue weighted by molar-refractivity contribution is 0.243. The molecule has 0 unspecified atom stereocenters. The Morgan fingerprint density at radius 2 is 1.80 bits per heavy atom. The normalized spacial score (nSPS) is 10.7. The molecule has 20 heavy (non-hydrogen) atoms. The molecule has 3 nitrogen and oxygen atoms in total. The van der Waals surface area contributed by atoms with E-state index in [1.165, 1.54) is 0 Å². The van der Waals surface area contributed by atoms with Crippen LogP contribution in [0.2, 0.25) is 5.02 Å². The van der Waals surface area contributed by atoms with Gasteiger partial charge >= 0.3 is 0 Å². The lowest BCUT2D eigenvalue weighted by Crippen LogP contribution is -2.07. The van der Waals surface area contributed by atoms with Crippen molar-refractivity contribution in [1.29, 1.82) is 0 Å². The third-order valence-electron chi connectivity index (χ3n) is 2.50. The minimum absolute atomic E-state index is 0.0508. The highest BCUT2D eigenvalue weighted by Gasteiger charge is 2.11. The molecular weight excluding hydrogens is 342 g/mol. The van der Waals surface area contributed by atoms with Gasteiger partial charge in [0.05, 0.1) is 10.6 Å². The maximum atomic E-state index is 6.07. The second-order valence-electron chi connectivity index (χ2n) is 4.51. The average Bonchev–Trinajstić information content (AvgIpc) is 2.36. The Balaban J connectivity index is 2.29. The molecule has 0 spiro atoms. The third kappa shape index (κ3) is 3.58. The number of rotatable bonds is 4. The van der Waals surface area contributed by atoms with E-state index in [0.717, 1.165) is 4.47 Å². The van der Waals surface area contributed by atoms with E-state index in [4.69, 9.17) is 26.8 Å². The molecule has 2 aromatic carbocycles. The van der Waals surface area contributed by atoms with Gasteiger partial charge in [0, 0.05) is 5.02 Å². The second kappa shape index (κ2) is 6.37. The summed E-state index contributed by atoms with van der Waals surface area (Å²) in [6, 6.07) is 10.8. The Morgan fingerprint density at radius 3 is 2.45 bits per heavy atom. The van der Waals surface area contributed by atoms with Crippen molar-refractivity contribution in [3.63, 3.8) is 0 Å². The fourth-order valence-corrected chi connectivity index (χ4v) is 2.41. The predicted molar refractivity (Wildman–Crippen MR) is 85.8 cm³/mol. The summed E-state index contributed by atoms with van der Waals surface area (Å²) in [6.45, 7) is 3.89. The summed E-state index contributed by atoms with van der Waals surface area (Å²) in [7, 11) is 0. The molecule has 0 fully saturated rings. The van der Waals surface area contributed by atoms with E-state index in [1.807, 2.05) is 26.0 Å². The molecule has 0 amide bonds. The lowest BCUT2D eigenvalue weighted by atomic mass is 10.2. The first kappa shape index (κ1) is 15.0. The minimum Gasteiger partial charge on any atom is -0.489 e. The second-order valence-corrected chi connectivity index (χ2v) is 5.80. The van der Waals surface area contributed by atoms with Crippen LogP contribution in [0.15, 0.2) is 40.9 Å². The van der Waals surface area contributed by atoms with E-state index >= 15 is 0 Å². The highest BCUT2D eigenvalue weighted by molar-refractivity contribution is 9.10. The molecule has 0 aliphatic carbocycles. The van der Waals surface area contributed by atoms with Crippen molar-refractivity contribution in [3.8, 4) is 17.2 Å². The SMILES string of the molecule is CC(C)Oc1cccc(Oc2ccc(Cl)cc2Br)c1N. The fraction of sp³-hybridized carbons (Fsp3) is 0.200. The highest BCUT2D eigenvalue weighted by atomic mass is 79.9. The van der Waals surface area contributed by atoms with Crippen LogP contribution < -0.4 is 15.2 Å². The molecule has 0 heterocycles. The van der Waals surface area contributed by atoms with Gasteiger partial charge in [-0.05, 0) is 60.1 Å². The van der Waals surface area contributed by atoms with Gasteiger partial charge in [-0.1, -0.05) is 17.7 Å². The zero-order chi connectivity index (χ0) is 14.7. The Bertz CT molecular complexity index is 617. The summed E-state index contributed by atoms with van der Waals surface area (Å²) < 4.78 is 12.2. The van der Waals surface area contributed by atoms with Gasteiger partial charge in [0.25, 0.3) is 0 Å². The molecule has 0 atom stereocenters. The van der Waals surface area contributed by atoms with Gasteiger partial charge in [0.15, 0.2) is 5.75 Å². The summed E-state index contributed by atoms with van der Waals surface area (Å²) in [6.07, 6.45) is 0.0508. The largest absolute Gasteiger partial charge is 0.489 e. The molecule has 106 valence electrons. The van der Waals surface area contributed by atoms with E-state index in [2.05, 4.69) is 15.9 Å². The Kier molecular flexibility index (Phi) is 4.78. The number of anilines is 1. The molecule has 0 aliphatic heterocycles. The van der Waals surface area contributed by atoms with Crippen molar-refractivity contribution in [2.24, 2.45) is 0 Å². The smallest absolute Gasteiger partial charge is 0.154 e. The van der Waals surface area contributed by atoms with Crippen molar-refractivity contribution < 1.29 is 9.47 Å². The van der Waals surface area contributed by atoms with E-state index in [-0.39, 0.29) is 6.10 Å². The van der Waals surface area contributed by atoms with Crippen LogP contribution in [0.5, 0.6) is 17.2 Å². The highest BCUT2D eigenvalue weighted by Crippen LogP contribution is 2.38. The van der Waals surface area contributed by atoms with Crippen molar-refractivity contribution >= 4 is 33.2 Å². The molecule has 0 saturated carbocycles. The topological polar surface area (TPSA) is 44.5 Å². The van der Waals surface area contributed by atoms with Gasteiger partial charge in [-0.3, -0.25) is 0 Å². The molecule has 0 saturated heterocycles. The van der Waals surface area contributed by atoms with Crippen molar-refractivity contribution in [3.05, 3.63) is 45.9 Å². The van der Waals surface area contributed by atoms with Crippen LogP contribution in [0.1, 0.15) is 13.8 Å². The Morgan fingerprint density at radius 1 is 1.10 bits per heavy atom. The molecular formula is C15H15BrClNO2. The maximum absolute atomic E-state index is 6.07. The van der Waals surface area contributed by atoms with Crippen molar-refractivity contribution in [1.82, 2.24) is 0 Å². The average molecular weight is 357 g/mol. The Labute approximate surface area is 131 Å². The van der Waals surface area contributed by atoms with Crippen LogP contribution in [0, 0.1) is 0 Å². The molecule has 5 heteroatoms. The van der Waals surface area contributed by atoms with Crippen LogP contribution in [0.25, 0.3) is 0 Å². The molecule has 0 bridgehead atoms. The predicted octanol–water partition coefficient (Wildman–Crippen LogP) is 5.26. The Hall–Kier alpha value is -1.39. The van der Waals surface area contributed by atoms with Gasteiger partial charge in [-0.25, -0.2) is 0 Å². The fourth-order valence-electron chi connectivity index (χ4n) is 1.65. The lowest BCUT2D eigenvalue weighted by Gasteiger charge is -2.15. The zero-order valence-corrected chi connectivity index (χ0v) is 13.5. The molecule has 2 rings (SSSR count). The van der Waals surface area contributed by atoms with Crippen molar-refractivity contribution in [2.45, 2.75) is 20.0 Å². The van der Waals surface area contributed by atoms with Gasteiger partial charge in [-0.2, -0.15) is 0 Å². The first-order valence-electron chi connectivity index (χ1n) is 6.15. The van der Waals surface area contributed by atoms with Crippen LogP contribution in [-0.2, 0) is 0 Å². The summed E-state index contributed by atoms with van der Waals surface area (Å²) in [5, 5.41) is 0.633. The van der Waals surface area contributed by atoms with Gasteiger partial charge in [0.2, 0.25) is 0 Å². The number of para-hydroxylation sites is 1. The number of halogens is 2. The van der Waals surface area contributed by atoms with Gasteiger partial charge in [0.1, 0.15) is 17.2 Å². The summed E-state index contributed by atoms with van der Waals surface area (Å²) >= 11 is 9.31. The summed E-state index contributed by atoms with van der Waals surface area (Å²) in [5.74, 6) is 1.80. The molecule has 2 aromatic rings. The number of hydrogen-bond donors (Lipinski definition) is 1. The van der Waals surface area contributed by atoms with Crippen LogP contribution in [-0.4, -0.2) is 6.10 Å². The summed E-state index contributed by atoms with van der Waals surface area (Å²) in [5.41, 5.74) is 6.54. The number of ether oxygens (including phenoxy) is 2. The molecule has 0 aliphatic rings.